The highest BCUT2D eigenvalue weighted by molar-refractivity contribution is 4.78. The molecule has 1 atom stereocenters. The zero-order valence-corrected chi connectivity index (χ0v) is 10.9. The minimum atomic E-state index is 0.828. The standard InChI is InChI=1S/C14H28N2/c1-16-12-6-9-14(16)10-11-15-13-7-4-2-3-5-8-13/h13-15H,2-12H2,1H3/t14-/m1/s1. The predicted molar refractivity (Wildman–Crippen MR) is 69.8 cm³/mol. The fourth-order valence-corrected chi connectivity index (χ4v) is 3.28. The van der Waals surface area contributed by atoms with Crippen LogP contribution in [0, 0.1) is 0 Å². The van der Waals surface area contributed by atoms with Crippen molar-refractivity contribution in [3.8, 4) is 0 Å². The molecule has 0 spiro atoms. The Bertz CT molecular complexity index is 185. The average Bonchev–Trinajstić information content (AvgIpc) is 2.55. The Balaban J connectivity index is 1.59. The van der Waals surface area contributed by atoms with Gasteiger partial charge in [-0.1, -0.05) is 25.7 Å². The van der Waals surface area contributed by atoms with Crippen LogP contribution in [0.15, 0.2) is 0 Å². The van der Waals surface area contributed by atoms with E-state index in [0.717, 1.165) is 12.1 Å². The first kappa shape index (κ1) is 12.4. The molecule has 0 unspecified atom stereocenters. The molecule has 1 aliphatic carbocycles. The van der Waals surface area contributed by atoms with Crippen LogP contribution in [0.5, 0.6) is 0 Å². The number of nitrogens with zero attached hydrogens (tertiary/aromatic N) is 1. The summed E-state index contributed by atoms with van der Waals surface area (Å²) in [5.41, 5.74) is 0. The lowest BCUT2D eigenvalue weighted by atomic mass is 10.1. The molecule has 0 bridgehead atoms. The van der Waals surface area contributed by atoms with E-state index in [4.69, 9.17) is 0 Å². The van der Waals surface area contributed by atoms with Crippen LogP contribution in [-0.2, 0) is 0 Å². The van der Waals surface area contributed by atoms with Gasteiger partial charge in [0.15, 0.2) is 0 Å². The van der Waals surface area contributed by atoms with Gasteiger partial charge >= 0.3 is 0 Å². The lowest BCUT2D eigenvalue weighted by Gasteiger charge is -2.22. The third kappa shape index (κ3) is 3.74. The summed E-state index contributed by atoms with van der Waals surface area (Å²) >= 11 is 0. The zero-order valence-electron chi connectivity index (χ0n) is 10.9. The monoisotopic (exact) mass is 224 g/mol. The second-order valence-electron chi connectivity index (χ2n) is 5.71. The second-order valence-corrected chi connectivity index (χ2v) is 5.71. The molecule has 16 heavy (non-hydrogen) atoms. The van der Waals surface area contributed by atoms with Gasteiger partial charge in [-0.25, -0.2) is 0 Å². The van der Waals surface area contributed by atoms with Crippen LogP contribution in [0.25, 0.3) is 0 Å². The van der Waals surface area contributed by atoms with Crippen LogP contribution in [0.1, 0.15) is 57.8 Å². The van der Waals surface area contributed by atoms with Crippen molar-refractivity contribution in [2.24, 2.45) is 0 Å². The molecule has 2 nitrogen and oxygen atoms in total. The third-order valence-electron chi connectivity index (χ3n) is 4.44. The highest BCUT2D eigenvalue weighted by Crippen LogP contribution is 2.19. The fraction of sp³-hybridized carbons (Fsp3) is 1.00. The predicted octanol–water partition coefficient (Wildman–Crippen LogP) is 2.78. The largest absolute Gasteiger partial charge is 0.314 e. The van der Waals surface area contributed by atoms with E-state index >= 15 is 0 Å². The first-order valence-corrected chi connectivity index (χ1v) is 7.30. The van der Waals surface area contributed by atoms with E-state index in [1.807, 2.05) is 0 Å². The van der Waals surface area contributed by atoms with Gasteiger partial charge in [-0.3, -0.25) is 0 Å². The molecular weight excluding hydrogens is 196 g/mol. The smallest absolute Gasteiger partial charge is 0.0105 e. The Hall–Kier alpha value is -0.0800. The van der Waals surface area contributed by atoms with Crippen LogP contribution >= 0.6 is 0 Å². The number of hydrogen-bond donors (Lipinski definition) is 1. The van der Waals surface area contributed by atoms with Crippen molar-refractivity contribution in [1.82, 2.24) is 10.2 Å². The quantitative estimate of drug-likeness (QED) is 0.739. The fourth-order valence-electron chi connectivity index (χ4n) is 3.28. The van der Waals surface area contributed by atoms with Crippen LogP contribution in [0.3, 0.4) is 0 Å². The number of hydrogen-bond acceptors (Lipinski definition) is 2. The highest BCUT2D eigenvalue weighted by Gasteiger charge is 2.20. The lowest BCUT2D eigenvalue weighted by molar-refractivity contribution is 0.288. The highest BCUT2D eigenvalue weighted by atomic mass is 15.1. The van der Waals surface area contributed by atoms with Crippen molar-refractivity contribution in [1.29, 1.82) is 0 Å². The zero-order chi connectivity index (χ0) is 11.2. The number of likely N-dealkylation sites (tertiary alicyclic amines) is 1. The Labute approximate surface area is 101 Å². The van der Waals surface area contributed by atoms with Gasteiger partial charge in [0, 0.05) is 12.1 Å². The van der Waals surface area contributed by atoms with E-state index in [-0.39, 0.29) is 0 Å². The summed E-state index contributed by atoms with van der Waals surface area (Å²) in [5, 5.41) is 3.78. The molecule has 1 saturated heterocycles. The maximum Gasteiger partial charge on any atom is 0.0105 e. The summed E-state index contributed by atoms with van der Waals surface area (Å²) < 4.78 is 0. The molecule has 1 heterocycles. The van der Waals surface area contributed by atoms with E-state index in [9.17, 15) is 0 Å². The molecule has 2 heteroatoms. The molecule has 0 aromatic carbocycles. The van der Waals surface area contributed by atoms with Crippen LogP contribution in [-0.4, -0.2) is 37.1 Å². The van der Waals surface area contributed by atoms with Gasteiger partial charge in [-0.05, 0) is 52.2 Å². The van der Waals surface area contributed by atoms with Crippen molar-refractivity contribution in [3.05, 3.63) is 0 Å². The molecule has 94 valence electrons. The van der Waals surface area contributed by atoms with Gasteiger partial charge in [0.05, 0.1) is 0 Å². The van der Waals surface area contributed by atoms with Gasteiger partial charge in [-0.15, -0.1) is 0 Å². The van der Waals surface area contributed by atoms with Crippen LogP contribution in [0.2, 0.25) is 0 Å². The van der Waals surface area contributed by atoms with Gasteiger partial charge in [0.2, 0.25) is 0 Å². The summed E-state index contributed by atoms with van der Waals surface area (Å²) in [4.78, 5) is 2.54. The molecule has 1 aliphatic heterocycles. The minimum Gasteiger partial charge on any atom is -0.314 e. The summed E-state index contributed by atoms with van der Waals surface area (Å²) in [6.45, 7) is 2.55. The lowest BCUT2D eigenvalue weighted by Crippen LogP contribution is -2.34. The molecular formula is C14H28N2. The molecule has 2 rings (SSSR count). The topological polar surface area (TPSA) is 15.3 Å². The van der Waals surface area contributed by atoms with E-state index in [1.54, 1.807) is 0 Å². The first-order chi connectivity index (χ1) is 7.86. The Kier molecular flexibility index (Phi) is 5.11. The average molecular weight is 224 g/mol. The Morgan fingerprint density at radius 2 is 1.75 bits per heavy atom. The van der Waals surface area contributed by atoms with Crippen molar-refractivity contribution in [3.63, 3.8) is 0 Å². The maximum absolute atomic E-state index is 3.78. The second kappa shape index (κ2) is 6.61. The molecule has 1 saturated carbocycles. The van der Waals surface area contributed by atoms with Crippen molar-refractivity contribution in [2.75, 3.05) is 20.1 Å². The van der Waals surface area contributed by atoms with Crippen LogP contribution in [0.4, 0.5) is 0 Å². The van der Waals surface area contributed by atoms with Gasteiger partial charge in [0.1, 0.15) is 0 Å². The minimum absolute atomic E-state index is 0.828. The SMILES string of the molecule is CN1CCC[C@@H]1CCNC1CCCCCC1. The van der Waals surface area contributed by atoms with Gasteiger partial charge in [0.25, 0.3) is 0 Å². The summed E-state index contributed by atoms with van der Waals surface area (Å²) in [6, 6.07) is 1.69. The van der Waals surface area contributed by atoms with E-state index in [0.29, 0.717) is 0 Å². The third-order valence-corrected chi connectivity index (χ3v) is 4.44. The normalized spacial score (nSPS) is 29.4. The van der Waals surface area contributed by atoms with E-state index in [2.05, 4.69) is 17.3 Å². The van der Waals surface area contributed by atoms with Crippen LogP contribution < -0.4 is 5.32 Å². The van der Waals surface area contributed by atoms with Gasteiger partial charge in [-0.2, -0.15) is 0 Å². The molecule has 2 fully saturated rings. The van der Waals surface area contributed by atoms with Crippen molar-refractivity contribution < 1.29 is 0 Å². The molecule has 0 aromatic heterocycles. The molecule has 1 N–H and O–H groups in total. The summed E-state index contributed by atoms with van der Waals surface area (Å²) in [5.74, 6) is 0. The number of rotatable bonds is 4. The molecule has 0 aromatic rings. The van der Waals surface area contributed by atoms with Crippen molar-refractivity contribution >= 4 is 0 Å². The van der Waals surface area contributed by atoms with Crippen molar-refractivity contribution in [2.45, 2.75) is 69.9 Å². The summed E-state index contributed by atoms with van der Waals surface area (Å²) in [6.07, 6.45) is 12.8. The summed E-state index contributed by atoms with van der Waals surface area (Å²) in [7, 11) is 2.28. The number of nitrogens with one attached hydrogen (secondary N) is 1. The first-order valence-electron chi connectivity index (χ1n) is 7.30. The van der Waals surface area contributed by atoms with Gasteiger partial charge < -0.3 is 10.2 Å². The van der Waals surface area contributed by atoms with E-state index in [1.165, 1.54) is 70.9 Å². The Morgan fingerprint density at radius 3 is 2.38 bits per heavy atom. The molecule has 2 aliphatic rings. The Morgan fingerprint density at radius 1 is 1.00 bits per heavy atom. The maximum atomic E-state index is 3.78. The molecule has 0 radical (unpaired) electrons. The van der Waals surface area contributed by atoms with E-state index < -0.39 is 0 Å². The molecule has 0 amide bonds.